The molecule has 1 aromatic rings. The van der Waals surface area contributed by atoms with Crippen LogP contribution in [0.3, 0.4) is 0 Å². The normalized spacial score (nSPS) is 29.0. The average Bonchev–Trinajstić information content (AvgIpc) is 2.91. The minimum absolute atomic E-state index is 0.108. The lowest BCUT2D eigenvalue weighted by Gasteiger charge is -2.57. The molecule has 7 nitrogen and oxygen atoms in total. The van der Waals surface area contributed by atoms with Gasteiger partial charge >= 0.3 is 5.97 Å². The number of nitrogens with zero attached hydrogens (tertiary/aromatic N) is 4. The van der Waals surface area contributed by atoms with E-state index in [4.69, 9.17) is 4.74 Å². The first-order valence-corrected chi connectivity index (χ1v) is 14.4. The molecule has 4 unspecified atom stereocenters. The van der Waals surface area contributed by atoms with E-state index in [9.17, 15) is 9.59 Å². The van der Waals surface area contributed by atoms with E-state index in [1.165, 1.54) is 44.5 Å². The number of anilines is 1. The fourth-order valence-corrected chi connectivity index (χ4v) is 7.43. The first-order valence-electron chi connectivity index (χ1n) is 14.4. The highest BCUT2D eigenvalue weighted by molar-refractivity contribution is 5.79. The van der Waals surface area contributed by atoms with Crippen molar-refractivity contribution in [3.05, 3.63) is 30.3 Å². The van der Waals surface area contributed by atoms with Gasteiger partial charge in [-0.15, -0.1) is 0 Å². The molecular formula is C29H44N4O3. The minimum atomic E-state index is -0.108. The van der Waals surface area contributed by atoms with Crippen LogP contribution < -0.4 is 4.90 Å². The van der Waals surface area contributed by atoms with E-state index in [2.05, 4.69) is 49.9 Å². The Hall–Kier alpha value is -2.12. The van der Waals surface area contributed by atoms with Crippen molar-refractivity contribution in [1.29, 1.82) is 0 Å². The molecule has 0 aliphatic carbocycles. The first kappa shape index (κ1) is 25.5. The smallest absolute Gasteiger partial charge is 0.305 e. The Bertz CT molecular complexity index is 871. The van der Waals surface area contributed by atoms with Crippen LogP contribution in [0.5, 0.6) is 0 Å². The van der Waals surface area contributed by atoms with Crippen LogP contribution in [0.1, 0.15) is 51.9 Å². The Balaban J connectivity index is 1.23. The zero-order valence-electron chi connectivity index (χ0n) is 22.0. The maximum atomic E-state index is 13.8. The molecule has 0 aromatic heterocycles. The molecule has 0 bridgehead atoms. The van der Waals surface area contributed by atoms with Crippen LogP contribution >= 0.6 is 0 Å². The van der Waals surface area contributed by atoms with Crippen molar-refractivity contribution in [2.45, 2.75) is 64.0 Å². The second-order valence-corrected chi connectivity index (χ2v) is 11.1. The van der Waals surface area contributed by atoms with Gasteiger partial charge in [-0.25, -0.2) is 0 Å². The van der Waals surface area contributed by atoms with Gasteiger partial charge < -0.3 is 14.5 Å². The van der Waals surface area contributed by atoms with E-state index in [1.807, 2.05) is 6.92 Å². The average molecular weight is 497 g/mol. The molecule has 1 amide bonds. The summed E-state index contributed by atoms with van der Waals surface area (Å²) in [6.45, 7) is 9.90. The molecule has 0 radical (unpaired) electrons. The van der Waals surface area contributed by atoms with Crippen molar-refractivity contribution >= 4 is 17.6 Å². The van der Waals surface area contributed by atoms with E-state index >= 15 is 0 Å². The maximum absolute atomic E-state index is 13.8. The number of esters is 1. The highest BCUT2D eigenvalue weighted by Gasteiger charge is 2.49. The second-order valence-electron chi connectivity index (χ2n) is 11.1. The van der Waals surface area contributed by atoms with E-state index in [0.29, 0.717) is 43.4 Å². The number of ether oxygens (including phenoxy) is 1. The SMILES string of the molecule is CCOC(=O)CCCC1C2CCCN3CCCC(CN1C(=O)CN1CCN(c4ccccc4)CC1)C23. The molecule has 4 aliphatic rings. The summed E-state index contributed by atoms with van der Waals surface area (Å²) < 4.78 is 5.18. The Morgan fingerprint density at radius 3 is 2.47 bits per heavy atom. The number of carbonyl (C=O) groups excluding carboxylic acids is 2. The molecule has 5 rings (SSSR count). The number of hydrogen-bond acceptors (Lipinski definition) is 6. The third-order valence-corrected chi connectivity index (χ3v) is 9.03. The summed E-state index contributed by atoms with van der Waals surface area (Å²) in [5, 5.41) is 0. The number of rotatable bonds is 8. The molecule has 0 saturated carbocycles. The number of para-hydroxylation sites is 1. The molecule has 4 heterocycles. The van der Waals surface area contributed by atoms with Crippen molar-refractivity contribution in [2.24, 2.45) is 11.8 Å². The molecule has 198 valence electrons. The molecular weight excluding hydrogens is 452 g/mol. The fourth-order valence-electron chi connectivity index (χ4n) is 7.43. The minimum Gasteiger partial charge on any atom is -0.466 e. The third kappa shape index (κ3) is 5.72. The number of amides is 1. The molecule has 0 N–H and O–H groups in total. The van der Waals surface area contributed by atoms with Crippen LogP contribution in [0.2, 0.25) is 0 Å². The molecule has 4 fully saturated rings. The Labute approximate surface area is 216 Å². The van der Waals surface area contributed by atoms with Crippen molar-refractivity contribution in [3.63, 3.8) is 0 Å². The Morgan fingerprint density at radius 2 is 1.72 bits per heavy atom. The van der Waals surface area contributed by atoms with Crippen LogP contribution in [0.15, 0.2) is 30.3 Å². The van der Waals surface area contributed by atoms with Gasteiger partial charge in [0, 0.05) is 56.9 Å². The molecule has 4 aliphatic heterocycles. The predicted octanol–water partition coefficient (Wildman–Crippen LogP) is 3.24. The van der Waals surface area contributed by atoms with Gasteiger partial charge in [-0.2, -0.15) is 0 Å². The highest BCUT2D eigenvalue weighted by Crippen LogP contribution is 2.43. The summed E-state index contributed by atoms with van der Waals surface area (Å²) in [7, 11) is 0. The van der Waals surface area contributed by atoms with E-state index < -0.39 is 0 Å². The summed E-state index contributed by atoms with van der Waals surface area (Å²) in [5.74, 6) is 1.33. The largest absolute Gasteiger partial charge is 0.466 e. The first-order chi connectivity index (χ1) is 17.6. The molecule has 0 spiro atoms. The number of hydrogen-bond donors (Lipinski definition) is 0. The van der Waals surface area contributed by atoms with Gasteiger partial charge in [0.1, 0.15) is 0 Å². The van der Waals surface area contributed by atoms with Gasteiger partial charge in [-0.05, 0) is 82.5 Å². The summed E-state index contributed by atoms with van der Waals surface area (Å²) in [4.78, 5) is 35.6. The number of benzene rings is 1. The van der Waals surface area contributed by atoms with Gasteiger partial charge in [-0.3, -0.25) is 19.4 Å². The monoisotopic (exact) mass is 496 g/mol. The number of piperidine rings is 3. The van der Waals surface area contributed by atoms with Gasteiger partial charge in [0.05, 0.1) is 13.2 Å². The lowest BCUT2D eigenvalue weighted by Crippen LogP contribution is -2.66. The lowest BCUT2D eigenvalue weighted by molar-refractivity contribution is -0.148. The van der Waals surface area contributed by atoms with Gasteiger partial charge in [0.15, 0.2) is 0 Å². The van der Waals surface area contributed by atoms with Crippen molar-refractivity contribution in [2.75, 3.05) is 63.9 Å². The quantitative estimate of drug-likeness (QED) is 0.515. The highest BCUT2D eigenvalue weighted by atomic mass is 16.5. The number of piperazine rings is 1. The van der Waals surface area contributed by atoms with Crippen LogP contribution in [0, 0.1) is 11.8 Å². The number of likely N-dealkylation sites (tertiary alicyclic amines) is 1. The van der Waals surface area contributed by atoms with E-state index in [-0.39, 0.29) is 12.0 Å². The molecule has 4 atom stereocenters. The summed E-state index contributed by atoms with van der Waals surface area (Å²) in [6, 6.07) is 11.5. The number of carbonyl (C=O) groups is 2. The molecule has 4 saturated heterocycles. The zero-order valence-corrected chi connectivity index (χ0v) is 22.0. The zero-order chi connectivity index (χ0) is 24.9. The Kier molecular flexibility index (Phi) is 8.47. The second kappa shape index (κ2) is 12.0. The van der Waals surface area contributed by atoms with Gasteiger partial charge in [0.2, 0.25) is 5.91 Å². The van der Waals surface area contributed by atoms with Crippen LogP contribution in [-0.2, 0) is 14.3 Å². The van der Waals surface area contributed by atoms with Gasteiger partial charge in [0.25, 0.3) is 0 Å². The molecule has 36 heavy (non-hydrogen) atoms. The molecule has 1 aromatic carbocycles. The topological polar surface area (TPSA) is 56.3 Å². The van der Waals surface area contributed by atoms with Crippen molar-refractivity contribution < 1.29 is 14.3 Å². The van der Waals surface area contributed by atoms with Crippen molar-refractivity contribution in [3.8, 4) is 0 Å². The van der Waals surface area contributed by atoms with Crippen LogP contribution in [0.4, 0.5) is 5.69 Å². The Morgan fingerprint density at radius 1 is 0.972 bits per heavy atom. The van der Waals surface area contributed by atoms with Crippen LogP contribution in [0.25, 0.3) is 0 Å². The third-order valence-electron chi connectivity index (χ3n) is 9.03. The standard InChI is InChI=1S/C29H44N4O3/c1-2-36-28(35)14-6-13-26-25-12-8-16-32-15-7-9-23(29(25)32)21-33(26)27(34)22-30-17-19-31(20-18-30)24-10-4-3-5-11-24/h3-5,10-11,23,25-26,29H,2,6-9,12-22H2,1H3. The fraction of sp³-hybridized carbons (Fsp3) is 0.724. The maximum Gasteiger partial charge on any atom is 0.305 e. The predicted molar refractivity (Wildman–Crippen MR) is 142 cm³/mol. The van der Waals surface area contributed by atoms with E-state index in [0.717, 1.165) is 45.6 Å². The van der Waals surface area contributed by atoms with Crippen molar-refractivity contribution in [1.82, 2.24) is 14.7 Å². The summed E-state index contributed by atoms with van der Waals surface area (Å²) in [5.41, 5.74) is 1.27. The summed E-state index contributed by atoms with van der Waals surface area (Å²) >= 11 is 0. The van der Waals surface area contributed by atoms with E-state index in [1.54, 1.807) is 0 Å². The van der Waals surface area contributed by atoms with Crippen LogP contribution in [-0.4, -0.2) is 97.6 Å². The van der Waals surface area contributed by atoms with Gasteiger partial charge in [-0.1, -0.05) is 18.2 Å². The lowest BCUT2D eigenvalue weighted by atomic mass is 9.69. The molecule has 7 heteroatoms. The summed E-state index contributed by atoms with van der Waals surface area (Å²) in [6.07, 6.45) is 7.11.